The lowest BCUT2D eigenvalue weighted by Gasteiger charge is -2.29. The van der Waals surface area contributed by atoms with Crippen LogP contribution in [0, 0.1) is 0 Å². The third-order valence-electron chi connectivity index (χ3n) is 4.39. The predicted molar refractivity (Wildman–Crippen MR) is 99.2 cm³/mol. The van der Waals surface area contributed by atoms with Crippen LogP contribution in [0.15, 0.2) is 42.5 Å². The highest BCUT2D eigenvalue weighted by Gasteiger charge is 2.60. The van der Waals surface area contributed by atoms with Crippen molar-refractivity contribution in [2.75, 3.05) is 27.9 Å². The molecule has 0 aliphatic carbocycles. The Bertz CT molecular complexity index is 839. The van der Waals surface area contributed by atoms with Crippen molar-refractivity contribution in [1.82, 2.24) is 5.32 Å². The molecule has 0 heterocycles. The van der Waals surface area contributed by atoms with Gasteiger partial charge in [-0.3, -0.25) is 4.79 Å². The molecule has 0 fully saturated rings. The van der Waals surface area contributed by atoms with Crippen LogP contribution in [0.1, 0.15) is 11.1 Å². The standard InChI is InChI=1S/C20H22F3NO5/c1-27-15-7-5-14(6-8-15)19(26,20(21,22)23)18(25)24-11-10-13-4-9-16(28-2)17(12-13)29-3/h4-9,12,26H,10-11H2,1-3H3,(H,24,25). The Kier molecular flexibility index (Phi) is 6.97. The van der Waals surface area contributed by atoms with E-state index < -0.39 is 23.2 Å². The highest BCUT2D eigenvalue weighted by Crippen LogP contribution is 2.39. The van der Waals surface area contributed by atoms with Crippen molar-refractivity contribution in [3.8, 4) is 17.2 Å². The van der Waals surface area contributed by atoms with E-state index in [0.29, 0.717) is 22.8 Å². The maximum Gasteiger partial charge on any atom is 0.430 e. The van der Waals surface area contributed by atoms with Crippen molar-refractivity contribution < 1.29 is 37.3 Å². The third-order valence-corrected chi connectivity index (χ3v) is 4.39. The van der Waals surface area contributed by atoms with E-state index in [4.69, 9.17) is 14.2 Å². The first-order valence-electron chi connectivity index (χ1n) is 8.60. The lowest BCUT2D eigenvalue weighted by molar-refractivity contribution is -0.257. The van der Waals surface area contributed by atoms with Crippen molar-refractivity contribution in [3.63, 3.8) is 0 Å². The van der Waals surface area contributed by atoms with Gasteiger partial charge < -0.3 is 24.6 Å². The quantitative estimate of drug-likeness (QED) is 0.696. The fourth-order valence-electron chi connectivity index (χ4n) is 2.74. The van der Waals surface area contributed by atoms with Crippen LogP contribution in [0.4, 0.5) is 13.2 Å². The number of rotatable bonds is 8. The first kappa shape index (κ1) is 22.4. The summed E-state index contributed by atoms with van der Waals surface area (Å²) in [4.78, 5) is 12.3. The molecular weight excluding hydrogens is 391 g/mol. The number of carbonyl (C=O) groups is 1. The molecule has 0 aromatic heterocycles. The average Bonchev–Trinajstić information content (AvgIpc) is 2.72. The highest BCUT2D eigenvalue weighted by atomic mass is 19.4. The zero-order valence-corrected chi connectivity index (χ0v) is 16.2. The molecule has 0 radical (unpaired) electrons. The van der Waals surface area contributed by atoms with Crippen molar-refractivity contribution in [3.05, 3.63) is 53.6 Å². The first-order valence-corrected chi connectivity index (χ1v) is 8.60. The number of methoxy groups -OCH3 is 3. The molecule has 1 amide bonds. The Morgan fingerprint density at radius 3 is 2.10 bits per heavy atom. The van der Waals surface area contributed by atoms with Gasteiger partial charge in [-0.2, -0.15) is 13.2 Å². The minimum Gasteiger partial charge on any atom is -0.497 e. The molecule has 2 rings (SSSR count). The fourth-order valence-corrected chi connectivity index (χ4v) is 2.74. The van der Waals surface area contributed by atoms with E-state index in [0.717, 1.165) is 12.1 Å². The molecule has 0 aliphatic heterocycles. The number of amides is 1. The lowest BCUT2D eigenvalue weighted by Crippen LogP contribution is -2.54. The fraction of sp³-hybridized carbons (Fsp3) is 0.350. The van der Waals surface area contributed by atoms with Gasteiger partial charge in [-0.05, 0) is 36.2 Å². The van der Waals surface area contributed by atoms with E-state index in [9.17, 15) is 23.1 Å². The van der Waals surface area contributed by atoms with Gasteiger partial charge in [-0.15, -0.1) is 0 Å². The maximum atomic E-state index is 13.6. The van der Waals surface area contributed by atoms with Gasteiger partial charge >= 0.3 is 6.18 Å². The van der Waals surface area contributed by atoms with E-state index in [-0.39, 0.29) is 13.0 Å². The minimum atomic E-state index is -5.21. The summed E-state index contributed by atoms with van der Waals surface area (Å²) in [6, 6.07) is 9.49. The summed E-state index contributed by atoms with van der Waals surface area (Å²) in [6.45, 7) is -0.122. The highest BCUT2D eigenvalue weighted by molar-refractivity contribution is 5.87. The predicted octanol–water partition coefficient (Wildman–Crippen LogP) is 2.82. The molecule has 0 aliphatic rings. The summed E-state index contributed by atoms with van der Waals surface area (Å²) in [7, 11) is 4.29. The number of hydrogen-bond acceptors (Lipinski definition) is 5. The Labute approximate surface area is 166 Å². The summed E-state index contributed by atoms with van der Waals surface area (Å²) in [5.74, 6) is -0.296. The van der Waals surface area contributed by atoms with Gasteiger partial charge in [-0.25, -0.2) is 0 Å². The smallest absolute Gasteiger partial charge is 0.430 e. The third kappa shape index (κ3) is 4.73. The SMILES string of the molecule is COc1ccc(C(O)(C(=O)NCCc2ccc(OC)c(OC)c2)C(F)(F)F)cc1. The van der Waals surface area contributed by atoms with Gasteiger partial charge in [0.25, 0.3) is 11.5 Å². The second-order valence-electron chi connectivity index (χ2n) is 6.13. The lowest BCUT2D eigenvalue weighted by atomic mass is 9.92. The van der Waals surface area contributed by atoms with Gasteiger partial charge in [0.15, 0.2) is 11.5 Å². The van der Waals surface area contributed by atoms with Crippen LogP contribution in [-0.2, 0) is 16.8 Å². The zero-order valence-electron chi connectivity index (χ0n) is 16.2. The topological polar surface area (TPSA) is 77.0 Å². The first-order chi connectivity index (χ1) is 13.7. The second kappa shape index (κ2) is 9.04. The van der Waals surface area contributed by atoms with Crippen LogP contribution in [0.5, 0.6) is 17.2 Å². The van der Waals surface area contributed by atoms with Crippen LogP contribution in [0.2, 0.25) is 0 Å². The van der Waals surface area contributed by atoms with Gasteiger partial charge in [0.05, 0.1) is 21.3 Å². The van der Waals surface area contributed by atoms with Crippen molar-refractivity contribution in [2.45, 2.75) is 18.2 Å². The van der Waals surface area contributed by atoms with Crippen molar-refractivity contribution >= 4 is 5.91 Å². The molecule has 158 valence electrons. The van der Waals surface area contributed by atoms with Gasteiger partial charge in [0.2, 0.25) is 0 Å². The molecule has 1 unspecified atom stereocenters. The molecular formula is C20H22F3NO5. The maximum absolute atomic E-state index is 13.6. The number of nitrogens with one attached hydrogen (secondary N) is 1. The number of alkyl halides is 3. The molecule has 6 nitrogen and oxygen atoms in total. The van der Waals surface area contributed by atoms with E-state index in [1.54, 1.807) is 18.2 Å². The van der Waals surface area contributed by atoms with Gasteiger partial charge in [0, 0.05) is 12.1 Å². The molecule has 0 bridgehead atoms. The Morgan fingerprint density at radius 2 is 1.59 bits per heavy atom. The van der Waals surface area contributed by atoms with Gasteiger partial charge in [-0.1, -0.05) is 18.2 Å². The molecule has 0 saturated carbocycles. The molecule has 1 atom stereocenters. The Hall–Kier alpha value is -2.94. The summed E-state index contributed by atoms with van der Waals surface area (Å²) in [5.41, 5.74) is -3.57. The number of benzene rings is 2. The van der Waals surface area contributed by atoms with Gasteiger partial charge in [0.1, 0.15) is 5.75 Å². The van der Waals surface area contributed by atoms with Crippen LogP contribution >= 0.6 is 0 Å². The van der Waals surface area contributed by atoms with E-state index in [1.807, 2.05) is 0 Å². The summed E-state index contributed by atoms with van der Waals surface area (Å²) in [5, 5.41) is 12.4. The molecule has 2 aromatic carbocycles. The normalized spacial score (nSPS) is 13.3. The van der Waals surface area contributed by atoms with E-state index in [2.05, 4.69) is 5.32 Å². The largest absolute Gasteiger partial charge is 0.497 e. The van der Waals surface area contributed by atoms with E-state index in [1.165, 1.54) is 33.5 Å². The number of ether oxygens (including phenoxy) is 3. The van der Waals surface area contributed by atoms with Crippen molar-refractivity contribution in [1.29, 1.82) is 0 Å². The number of aliphatic hydroxyl groups is 1. The molecule has 0 spiro atoms. The Morgan fingerprint density at radius 1 is 0.966 bits per heavy atom. The molecule has 29 heavy (non-hydrogen) atoms. The second-order valence-corrected chi connectivity index (χ2v) is 6.13. The number of hydrogen-bond donors (Lipinski definition) is 2. The molecule has 9 heteroatoms. The Balaban J connectivity index is 2.14. The van der Waals surface area contributed by atoms with Crippen molar-refractivity contribution in [2.24, 2.45) is 0 Å². The monoisotopic (exact) mass is 413 g/mol. The molecule has 2 N–H and O–H groups in total. The van der Waals surface area contributed by atoms with Crippen LogP contribution < -0.4 is 19.5 Å². The average molecular weight is 413 g/mol. The number of halogens is 3. The van der Waals surface area contributed by atoms with Crippen LogP contribution in [-0.4, -0.2) is 45.1 Å². The zero-order chi connectivity index (χ0) is 21.7. The molecule has 0 saturated heterocycles. The van der Waals surface area contributed by atoms with Crippen LogP contribution in [0.3, 0.4) is 0 Å². The number of carbonyl (C=O) groups excluding carboxylic acids is 1. The summed E-state index contributed by atoms with van der Waals surface area (Å²) in [6.07, 6.45) is -4.99. The van der Waals surface area contributed by atoms with E-state index >= 15 is 0 Å². The molecule has 2 aromatic rings. The summed E-state index contributed by atoms with van der Waals surface area (Å²) < 4.78 is 55.9. The minimum absolute atomic E-state index is 0.122. The summed E-state index contributed by atoms with van der Waals surface area (Å²) >= 11 is 0. The van der Waals surface area contributed by atoms with Crippen LogP contribution in [0.25, 0.3) is 0 Å².